The molecule has 2 N–H and O–H groups in total. The summed E-state index contributed by atoms with van der Waals surface area (Å²) in [6.07, 6.45) is 0.493. The van der Waals surface area contributed by atoms with Crippen LogP contribution in [-0.4, -0.2) is 26.0 Å². The van der Waals surface area contributed by atoms with Gasteiger partial charge in [-0.1, -0.05) is 12.1 Å². The third-order valence-electron chi connectivity index (χ3n) is 1.94. The van der Waals surface area contributed by atoms with E-state index in [-0.39, 0.29) is 0 Å². The van der Waals surface area contributed by atoms with Crippen molar-refractivity contribution in [3.8, 4) is 5.75 Å². The first kappa shape index (κ1) is 13.2. The topological polar surface area (TPSA) is 52.3 Å². The lowest BCUT2D eigenvalue weighted by Crippen LogP contribution is -2.24. The van der Waals surface area contributed by atoms with Crippen molar-refractivity contribution >= 4 is 7.37 Å². The first-order chi connectivity index (χ1) is 7.40. The van der Waals surface area contributed by atoms with E-state index in [4.69, 9.17) is 10.3 Å². The SMILES string of the molecule is CP(C)(=O)Oc1ccc(CC(N)CF)cc1. The molecule has 0 aromatic heterocycles. The summed E-state index contributed by atoms with van der Waals surface area (Å²) in [7, 11) is -2.52. The minimum absolute atomic E-state index is 0.463. The molecule has 0 fully saturated rings. The molecule has 1 aromatic rings. The Morgan fingerprint density at radius 2 is 1.94 bits per heavy atom. The molecule has 3 nitrogen and oxygen atoms in total. The Labute approximate surface area is 95.3 Å². The van der Waals surface area contributed by atoms with Gasteiger partial charge in [0.2, 0.25) is 7.37 Å². The quantitative estimate of drug-likeness (QED) is 0.810. The molecule has 0 spiro atoms. The highest BCUT2D eigenvalue weighted by atomic mass is 31.2. The molecule has 0 heterocycles. The van der Waals surface area contributed by atoms with E-state index in [1.165, 1.54) is 0 Å². The zero-order chi connectivity index (χ0) is 12.2. The molecule has 0 aliphatic rings. The van der Waals surface area contributed by atoms with Crippen molar-refractivity contribution < 1.29 is 13.5 Å². The lowest BCUT2D eigenvalue weighted by molar-refractivity contribution is 0.427. The summed E-state index contributed by atoms with van der Waals surface area (Å²) in [5, 5.41) is 0. The largest absolute Gasteiger partial charge is 0.443 e. The summed E-state index contributed by atoms with van der Waals surface area (Å²) < 4.78 is 28.8. The first-order valence-electron chi connectivity index (χ1n) is 5.06. The van der Waals surface area contributed by atoms with Gasteiger partial charge < -0.3 is 10.3 Å². The maximum Gasteiger partial charge on any atom is 0.242 e. The van der Waals surface area contributed by atoms with Crippen molar-refractivity contribution in [1.82, 2.24) is 0 Å². The number of hydrogen-bond donors (Lipinski definition) is 1. The Balaban J connectivity index is 2.64. The van der Waals surface area contributed by atoms with E-state index in [2.05, 4.69) is 0 Å². The van der Waals surface area contributed by atoms with Crippen molar-refractivity contribution in [1.29, 1.82) is 0 Å². The van der Waals surface area contributed by atoms with Gasteiger partial charge in [0.1, 0.15) is 12.4 Å². The van der Waals surface area contributed by atoms with E-state index in [0.717, 1.165) is 5.56 Å². The van der Waals surface area contributed by atoms with E-state index < -0.39 is 20.1 Å². The van der Waals surface area contributed by atoms with Crippen LogP contribution in [0.3, 0.4) is 0 Å². The molecular weight excluding hydrogens is 228 g/mol. The van der Waals surface area contributed by atoms with Crippen LogP contribution >= 0.6 is 7.37 Å². The van der Waals surface area contributed by atoms with E-state index >= 15 is 0 Å². The van der Waals surface area contributed by atoms with Crippen molar-refractivity contribution in [3.63, 3.8) is 0 Å². The zero-order valence-corrected chi connectivity index (χ0v) is 10.4. The summed E-state index contributed by atoms with van der Waals surface area (Å²) >= 11 is 0. The second-order valence-corrected chi connectivity index (χ2v) is 6.79. The van der Waals surface area contributed by atoms with Crippen LogP contribution < -0.4 is 10.3 Å². The molecule has 1 rings (SSSR count). The normalized spacial score (nSPS) is 13.5. The van der Waals surface area contributed by atoms with Gasteiger partial charge in [-0.05, 0) is 24.1 Å². The van der Waals surface area contributed by atoms with E-state index in [9.17, 15) is 8.96 Å². The average molecular weight is 245 g/mol. The van der Waals surface area contributed by atoms with Crippen LogP contribution in [-0.2, 0) is 11.0 Å². The molecular formula is C11H17FNO2P. The van der Waals surface area contributed by atoms with Gasteiger partial charge in [0.15, 0.2) is 0 Å². The van der Waals surface area contributed by atoms with E-state index in [1.54, 1.807) is 37.6 Å². The predicted octanol–water partition coefficient (Wildman–Crippen LogP) is 2.44. The fourth-order valence-electron chi connectivity index (χ4n) is 1.30. The van der Waals surface area contributed by atoms with Crippen LogP contribution in [0.1, 0.15) is 5.56 Å². The van der Waals surface area contributed by atoms with E-state index in [1.807, 2.05) is 0 Å². The summed E-state index contributed by atoms with van der Waals surface area (Å²) in [4.78, 5) is 0. The predicted molar refractivity (Wildman–Crippen MR) is 64.2 cm³/mol. The molecule has 0 aliphatic carbocycles. The number of rotatable bonds is 5. The highest BCUT2D eigenvalue weighted by Crippen LogP contribution is 2.38. The Bertz CT molecular complexity index is 374. The second-order valence-electron chi connectivity index (χ2n) is 4.11. The highest BCUT2D eigenvalue weighted by molar-refractivity contribution is 7.57. The Hall–Kier alpha value is -0.860. The molecule has 0 aliphatic heterocycles. The summed E-state index contributed by atoms with van der Waals surface area (Å²) in [5.74, 6) is 0.561. The van der Waals surface area contributed by atoms with Gasteiger partial charge in [0, 0.05) is 19.4 Å². The molecule has 0 bridgehead atoms. The lowest BCUT2D eigenvalue weighted by atomic mass is 10.1. The highest BCUT2D eigenvalue weighted by Gasteiger charge is 2.09. The van der Waals surface area contributed by atoms with Crippen molar-refractivity contribution in [2.45, 2.75) is 12.5 Å². The van der Waals surface area contributed by atoms with Gasteiger partial charge in [0.05, 0.1) is 0 Å². The van der Waals surface area contributed by atoms with Crippen molar-refractivity contribution in [2.75, 3.05) is 20.0 Å². The van der Waals surface area contributed by atoms with Crippen LogP contribution in [0.5, 0.6) is 5.75 Å². The lowest BCUT2D eigenvalue weighted by Gasteiger charge is -2.11. The Morgan fingerprint density at radius 1 is 1.38 bits per heavy atom. The number of benzene rings is 1. The molecule has 0 saturated carbocycles. The average Bonchev–Trinajstić information content (AvgIpc) is 2.18. The number of alkyl halides is 1. The number of hydrogen-bond acceptors (Lipinski definition) is 3. The van der Waals surface area contributed by atoms with Crippen LogP contribution in [0.2, 0.25) is 0 Å². The van der Waals surface area contributed by atoms with Gasteiger partial charge in [-0.25, -0.2) is 4.39 Å². The molecule has 1 unspecified atom stereocenters. The Kier molecular flexibility index (Phi) is 4.51. The summed E-state index contributed by atoms with van der Waals surface area (Å²) in [6, 6.07) is 6.59. The van der Waals surface area contributed by atoms with Gasteiger partial charge >= 0.3 is 0 Å². The first-order valence-corrected chi connectivity index (χ1v) is 7.57. The molecule has 1 aromatic carbocycles. The van der Waals surface area contributed by atoms with Gasteiger partial charge in [-0.2, -0.15) is 0 Å². The van der Waals surface area contributed by atoms with Crippen molar-refractivity contribution in [2.24, 2.45) is 5.73 Å². The maximum absolute atomic E-state index is 12.2. The van der Waals surface area contributed by atoms with Gasteiger partial charge in [-0.15, -0.1) is 0 Å². The van der Waals surface area contributed by atoms with E-state index in [0.29, 0.717) is 12.2 Å². The minimum Gasteiger partial charge on any atom is -0.443 e. The molecule has 0 saturated heterocycles. The van der Waals surface area contributed by atoms with Crippen LogP contribution in [0.15, 0.2) is 24.3 Å². The molecule has 0 amide bonds. The summed E-state index contributed by atoms with van der Waals surface area (Å²) in [6.45, 7) is 2.58. The number of nitrogens with two attached hydrogens (primary N) is 1. The number of halogens is 1. The van der Waals surface area contributed by atoms with Crippen LogP contribution in [0.4, 0.5) is 4.39 Å². The fourth-order valence-corrected chi connectivity index (χ4v) is 1.93. The second kappa shape index (κ2) is 5.46. The smallest absolute Gasteiger partial charge is 0.242 e. The van der Waals surface area contributed by atoms with Crippen LogP contribution in [0, 0.1) is 0 Å². The molecule has 1 atom stereocenters. The molecule has 0 radical (unpaired) electrons. The molecule has 5 heteroatoms. The van der Waals surface area contributed by atoms with Gasteiger partial charge in [-0.3, -0.25) is 4.57 Å². The minimum atomic E-state index is -2.52. The standard InChI is InChI=1S/C11H17FNO2P/c1-16(2,14)15-11-5-3-9(4-6-11)7-10(13)8-12/h3-6,10H,7-8,13H2,1-2H3. The maximum atomic E-state index is 12.2. The molecule has 16 heavy (non-hydrogen) atoms. The third-order valence-corrected chi connectivity index (χ3v) is 2.60. The fraction of sp³-hybridized carbons (Fsp3) is 0.455. The zero-order valence-electron chi connectivity index (χ0n) is 9.52. The van der Waals surface area contributed by atoms with Crippen molar-refractivity contribution in [3.05, 3.63) is 29.8 Å². The van der Waals surface area contributed by atoms with Crippen LogP contribution in [0.25, 0.3) is 0 Å². The summed E-state index contributed by atoms with van der Waals surface area (Å²) in [5.41, 5.74) is 6.44. The monoisotopic (exact) mass is 245 g/mol. The Morgan fingerprint density at radius 3 is 2.38 bits per heavy atom. The third kappa shape index (κ3) is 4.77. The molecule has 90 valence electrons. The van der Waals surface area contributed by atoms with Gasteiger partial charge in [0.25, 0.3) is 0 Å².